The molecule has 0 aliphatic heterocycles. The summed E-state index contributed by atoms with van der Waals surface area (Å²) in [5.41, 5.74) is 7.36. The highest BCUT2D eigenvalue weighted by Crippen LogP contribution is 2.16. The molecular weight excluding hydrogens is 280 g/mol. The van der Waals surface area contributed by atoms with Gasteiger partial charge in [0.25, 0.3) is 11.8 Å². The van der Waals surface area contributed by atoms with Crippen molar-refractivity contribution in [3.05, 3.63) is 66.0 Å². The van der Waals surface area contributed by atoms with Crippen molar-refractivity contribution in [1.82, 2.24) is 9.97 Å². The van der Waals surface area contributed by atoms with Crippen molar-refractivity contribution in [2.75, 3.05) is 5.32 Å². The van der Waals surface area contributed by atoms with Crippen LogP contribution < -0.4 is 11.1 Å². The van der Waals surface area contributed by atoms with Crippen LogP contribution in [0.3, 0.4) is 0 Å². The number of hydrogen-bond acceptors (Lipinski definition) is 4. The lowest BCUT2D eigenvalue weighted by Crippen LogP contribution is -2.19. The van der Waals surface area contributed by atoms with Gasteiger partial charge in [0, 0.05) is 0 Å². The standard InChI is InChI=1S/C16H12N4O2/c17-15(21)10-5-1-2-6-11(10)20-16(22)14-9-18-12-7-3-4-8-13(12)19-14/h1-9H,(H2,17,21)(H,20,22). The highest BCUT2D eigenvalue weighted by molar-refractivity contribution is 6.08. The topological polar surface area (TPSA) is 98.0 Å². The number of primary amides is 1. The summed E-state index contributed by atoms with van der Waals surface area (Å²) >= 11 is 0. The van der Waals surface area contributed by atoms with E-state index in [9.17, 15) is 9.59 Å². The van der Waals surface area contributed by atoms with Crippen LogP contribution in [0, 0.1) is 0 Å². The van der Waals surface area contributed by atoms with Crippen LogP contribution in [0.15, 0.2) is 54.7 Å². The second-order valence-corrected chi connectivity index (χ2v) is 4.61. The maximum atomic E-state index is 12.3. The summed E-state index contributed by atoms with van der Waals surface area (Å²) in [6.45, 7) is 0. The van der Waals surface area contributed by atoms with E-state index in [4.69, 9.17) is 5.73 Å². The number of nitrogens with zero attached hydrogens (tertiary/aromatic N) is 2. The van der Waals surface area contributed by atoms with Crippen LogP contribution in [0.5, 0.6) is 0 Å². The van der Waals surface area contributed by atoms with Gasteiger partial charge in [-0.25, -0.2) is 4.98 Å². The number of benzene rings is 2. The molecule has 0 spiro atoms. The molecule has 1 heterocycles. The molecule has 0 aliphatic carbocycles. The molecule has 0 saturated heterocycles. The molecule has 22 heavy (non-hydrogen) atoms. The van der Waals surface area contributed by atoms with Crippen molar-refractivity contribution >= 4 is 28.5 Å². The second kappa shape index (κ2) is 5.61. The number of nitrogens with two attached hydrogens (primary N) is 1. The molecule has 108 valence electrons. The van der Waals surface area contributed by atoms with E-state index in [2.05, 4.69) is 15.3 Å². The lowest BCUT2D eigenvalue weighted by molar-refractivity contribution is 0.100. The van der Waals surface area contributed by atoms with E-state index in [-0.39, 0.29) is 11.3 Å². The molecule has 3 rings (SSSR count). The average molecular weight is 292 g/mol. The first-order chi connectivity index (χ1) is 10.6. The number of amides is 2. The minimum absolute atomic E-state index is 0.165. The van der Waals surface area contributed by atoms with E-state index in [1.165, 1.54) is 6.20 Å². The van der Waals surface area contributed by atoms with E-state index in [1.807, 2.05) is 18.2 Å². The number of anilines is 1. The Balaban J connectivity index is 1.92. The maximum Gasteiger partial charge on any atom is 0.275 e. The highest BCUT2D eigenvalue weighted by atomic mass is 16.2. The third-order valence-corrected chi connectivity index (χ3v) is 3.12. The smallest absolute Gasteiger partial charge is 0.275 e. The molecule has 2 aromatic carbocycles. The first-order valence-electron chi connectivity index (χ1n) is 6.57. The van der Waals surface area contributed by atoms with Crippen LogP contribution in [0.4, 0.5) is 5.69 Å². The molecule has 3 aromatic rings. The Labute approximate surface area is 126 Å². The molecule has 2 amide bonds. The van der Waals surface area contributed by atoms with Gasteiger partial charge in [-0.2, -0.15) is 0 Å². The van der Waals surface area contributed by atoms with Gasteiger partial charge in [-0.15, -0.1) is 0 Å². The van der Waals surface area contributed by atoms with E-state index in [0.717, 1.165) is 0 Å². The molecule has 0 saturated carbocycles. The van der Waals surface area contributed by atoms with Gasteiger partial charge in [0.15, 0.2) is 0 Å². The Hall–Kier alpha value is -3.28. The molecule has 0 unspecified atom stereocenters. The molecule has 6 nitrogen and oxygen atoms in total. The average Bonchev–Trinajstić information content (AvgIpc) is 2.54. The summed E-state index contributed by atoms with van der Waals surface area (Å²) in [6, 6.07) is 13.8. The van der Waals surface area contributed by atoms with Crippen molar-refractivity contribution in [3.8, 4) is 0 Å². The molecule has 0 radical (unpaired) electrons. The molecule has 3 N–H and O–H groups in total. The number of para-hydroxylation sites is 3. The van der Waals surface area contributed by atoms with E-state index in [0.29, 0.717) is 16.7 Å². The van der Waals surface area contributed by atoms with Crippen LogP contribution in [0.25, 0.3) is 11.0 Å². The molecule has 0 fully saturated rings. The summed E-state index contributed by atoms with van der Waals surface area (Å²) in [6.07, 6.45) is 1.39. The van der Waals surface area contributed by atoms with Crippen molar-refractivity contribution in [2.45, 2.75) is 0 Å². The monoisotopic (exact) mass is 292 g/mol. The molecule has 0 bridgehead atoms. The van der Waals surface area contributed by atoms with Crippen LogP contribution in [0.1, 0.15) is 20.8 Å². The van der Waals surface area contributed by atoms with Gasteiger partial charge in [-0.05, 0) is 24.3 Å². The van der Waals surface area contributed by atoms with Gasteiger partial charge in [0.1, 0.15) is 5.69 Å². The fourth-order valence-electron chi connectivity index (χ4n) is 2.06. The summed E-state index contributed by atoms with van der Waals surface area (Å²) in [5, 5.41) is 2.63. The largest absolute Gasteiger partial charge is 0.366 e. The van der Waals surface area contributed by atoms with Crippen molar-refractivity contribution in [1.29, 1.82) is 0 Å². The Bertz CT molecular complexity index is 877. The Kier molecular flexibility index (Phi) is 3.49. The molecule has 1 aromatic heterocycles. The third kappa shape index (κ3) is 2.62. The minimum atomic E-state index is -0.611. The fraction of sp³-hybridized carbons (Fsp3) is 0. The minimum Gasteiger partial charge on any atom is -0.366 e. The fourth-order valence-corrected chi connectivity index (χ4v) is 2.06. The van der Waals surface area contributed by atoms with Crippen molar-refractivity contribution in [2.24, 2.45) is 5.73 Å². The molecule has 0 atom stereocenters. The molecule has 6 heteroatoms. The van der Waals surface area contributed by atoms with Crippen LogP contribution in [0.2, 0.25) is 0 Å². The van der Waals surface area contributed by atoms with Gasteiger partial charge >= 0.3 is 0 Å². The maximum absolute atomic E-state index is 12.3. The zero-order valence-corrected chi connectivity index (χ0v) is 11.5. The number of fused-ring (bicyclic) bond motifs is 1. The number of carbonyl (C=O) groups excluding carboxylic acids is 2. The van der Waals surface area contributed by atoms with Gasteiger partial charge in [-0.3, -0.25) is 14.6 Å². The van der Waals surface area contributed by atoms with E-state index in [1.54, 1.807) is 30.3 Å². The van der Waals surface area contributed by atoms with Crippen molar-refractivity contribution < 1.29 is 9.59 Å². The predicted octanol–water partition coefficient (Wildman–Crippen LogP) is 1.98. The Morgan fingerprint density at radius 1 is 0.955 bits per heavy atom. The quantitative estimate of drug-likeness (QED) is 0.771. The highest BCUT2D eigenvalue weighted by Gasteiger charge is 2.13. The van der Waals surface area contributed by atoms with Gasteiger partial charge in [0.05, 0.1) is 28.5 Å². The van der Waals surface area contributed by atoms with Crippen LogP contribution in [-0.2, 0) is 0 Å². The van der Waals surface area contributed by atoms with Crippen molar-refractivity contribution in [3.63, 3.8) is 0 Å². The molecule has 0 aliphatic rings. The number of aromatic nitrogens is 2. The SMILES string of the molecule is NC(=O)c1ccccc1NC(=O)c1cnc2ccccc2n1. The number of carbonyl (C=O) groups is 2. The summed E-state index contributed by atoms with van der Waals surface area (Å²) in [5.74, 6) is -1.06. The summed E-state index contributed by atoms with van der Waals surface area (Å²) < 4.78 is 0. The lowest BCUT2D eigenvalue weighted by Gasteiger charge is -2.08. The van der Waals surface area contributed by atoms with Crippen LogP contribution in [-0.4, -0.2) is 21.8 Å². The summed E-state index contributed by atoms with van der Waals surface area (Å²) in [4.78, 5) is 32.1. The first-order valence-corrected chi connectivity index (χ1v) is 6.57. The Morgan fingerprint density at radius 2 is 1.64 bits per heavy atom. The van der Waals surface area contributed by atoms with E-state index >= 15 is 0 Å². The number of nitrogens with one attached hydrogen (secondary N) is 1. The number of rotatable bonds is 3. The normalized spacial score (nSPS) is 10.4. The zero-order chi connectivity index (χ0) is 15.5. The third-order valence-electron chi connectivity index (χ3n) is 3.12. The van der Waals surface area contributed by atoms with E-state index < -0.39 is 11.8 Å². The zero-order valence-electron chi connectivity index (χ0n) is 11.5. The van der Waals surface area contributed by atoms with Crippen LogP contribution >= 0.6 is 0 Å². The summed E-state index contributed by atoms with van der Waals surface area (Å²) in [7, 11) is 0. The predicted molar refractivity (Wildman–Crippen MR) is 82.5 cm³/mol. The molecular formula is C16H12N4O2. The Morgan fingerprint density at radius 3 is 2.41 bits per heavy atom. The van der Waals surface area contributed by atoms with Gasteiger partial charge in [0.2, 0.25) is 0 Å². The van der Waals surface area contributed by atoms with Gasteiger partial charge in [-0.1, -0.05) is 24.3 Å². The van der Waals surface area contributed by atoms with Gasteiger partial charge < -0.3 is 11.1 Å². The lowest BCUT2D eigenvalue weighted by atomic mass is 10.1. The second-order valence-electron chi connectivity index (χ2n) is 4.61. The number of hydrogen-bond donors (Lipinski definition) is 2. The first kappa shape index (κ1) is 13.7.